The molecule has 8 rings (SSSR count). The van der Waals surface area contributed by atoms with Gasteiger partial charge in [0, 0.05) is 53.9 Å². The van der Waals surface area contributed by atoms with Crippen LogP contribution in [-0.2, 0) is 0 Å². The highest BCUT2D eigenvalue weighted by Crippen LogP contribution is 2.43. The van der Waals surface area contributed by atoms with Crippen molar-refractivity contribution in [3.05, 3.63) is 96.3 Å². The van der Waals surface area contributed by atoms with E-state index in [9.17, 15) is 0 Å². The Morgan fingerprint density at radius 1 is 0.633 bits per heavy atom. The summed E-state index contributed by atoms with van der Waals surface area (Å²) in [4.78, 5) is 14.5. The Morgan fingerprint density at radius 3 is 1.80 bits per heavy atom. The van der Waals surface area contributed by atoms with Crippen LogP contribution in [0.25, 0.3) is 32.6 Å². The van der Waals surface area contributed by atoms with Crippen molar-refractivity contribution in [1.82, 2.24) is 30.0 Å². The zero-order valence-electron chi connectivity index (χ0n) is 36.5. The Balaban J connectivity index is 1.20. The van der Waals surface area contributed by atoms with Crippen molar-refractivity contribution < 1.29 is 18.9 Å². The third-order valence-corrected chi connectivity index (χ3v) is 13.9. The average molecular weight is 811 g/mol. The molecule has 10 nitrogen and oxygen atoms in total. The van der Waals surface area contributed by atoms with Crippen LogP contribution in [0.3, 0.4) is 0 Å². The lowest BCUT2D eigenvalue weighted by molar-refractivity contribution is 0.00648. The van der Waals surface area contributed by atoms with Crippen molar-refractivity contribution in [3.8, 4) is 23.3 Å². The molecule has 0 aliphatic carbocycles. The molecule has 2 saturated heterocycles. The van der Waals surface area contributed by atoms with E-state index in [2.05, 4.69) is 80.9 Å². The molecular formula is C50H62N6O4. The maximum Gasteiger partial charge on any atom is 0.242 e. The third kappa shape index (κ3) is 8.46. The normalized spacial score (nSPS) is 22.5. The van der Waals surface area contributed by atoms with Gasteiger partial charge in [0.05, 0.1) is 42.1 Å². The molecule has 10 heteroatoms. The van der Waals surface area contributed by atoms with Gasteiger partial charge in [-0.15, -0.1) is 10.2 Å². The van der Waals surface area contributed by atoms with Crippen LogP contribution in [0.2, 0.25) is 0 Å². The van der Waals surface area contributed by atoms with Gasteiger partial charge in [0.1, 0.15) is 23.7 Å². The van der Waals surface area contributed by atoms with Crippen LogP contribution in [0.5, 0.6) is 23.3 Å². The first-order chi connectivity index (χ1) is 29.4. The monoisotopic (exact) mass is 810 g/mol. The minimum absolute atomic E-state index is 0.0937. The third-order valence-electron chi connectivity index (χ3n) is 13.9. The molecule has 0 spiro atoms. The summed E-state index contributed by atoms with van der Waals surface area (Å²) in [6, 6.07) is 24.6. The van der Waals surface area contributed by atoms with Gasteiger partial charge in [-0.3, -0.25) is 19.8 Å². The lowest BCUT2D eigenvalue weighted by atomic mass is 9.76. The topological polar surface area (TPSA) is 95.0 Å². The summed E-state index contributed by atoms with van der Waals surface area (Å²) < 4.78 is 25.9. The van der Waals surface area contributed by atoms with E-state index in [0.717, 1.165) is 100 Å². The van der Waals surface area contributed by atoms with Crippen molar-refractivity contribution in [2.45, 2.75) is 84.5 Å². The molecule has 0 radical (unpaired) electrons. The van der Waals surface area contributed by atoms with E-state index in [-0.39, 0.29) is 18.2 Å². The standard InChI is InChI=1S/C50H62N6O4/c1-8-32-22-25-56(30-35(32)11-4)31-47(38-20-23-51-44-18-16-36(57-6)27-42(38)44)59-49-40-14-12-13-15-41(40)50(54-53-49)60-48(46-26-33(9-2)34(10-3)29-55(46)5)39-21-24-52-45-19-17-37(58-7)28-43(39)45/h12-21,23-24,27-28,32-35,46-48H,8-11,22,25-26,29-31H2,1-7H3. The summed E-state index contributed by atoms with van der Waals surface area (Å²) in [7, 11) is 5.65. The number of fused-ring (bicyclic) bond motifs is 3. The number of likely N-dealkylation sites (tertiary alicyclic amines) is 2. The number of likely N-dealkylation sites (N-methyl/N-ethyl adjacent to an activating group) is 1. The molecule has 60 heavy (non-hydrogen) atoms. The van der Waals surface area contributed by atoms with Gasteiger partial charge in [-0.05, 0) is 111 Å². The fourth-order valence-electron chi connectivity index (χ4n) is 10.3. The molecule has 2 aliphatic rings. The molecule has 2 aliphatic heterocycles. The predicted molar refractivity (Wildman–Crippen MR) is 240 cm³/mol. The number of benzene rings is 3. The average Bonchev–Trinajstić information content (AvgIpc) is 3.30. The van der Waals surface area contributed by atoms with Crippen molar-refractivity contribution in [3.63, 3.8) is 0 Å². The number of ether oxygens (including phenoxy) is 4. The van der Waals surface area contributed by atoms with E-state index < -0.39 is 0 Å². The highest BCUT2D eigenvalue weighted by atomic mass is 16.5. The van der Waals surface area contributed by atoms with Crippen LogP contribution >= 0.6 is 0 Å². The summed E-state index contributed by atoms with van der Waals surface area (Å²) in [5.41, 5.74) is 3.90. The first kappa shape index (κ1) is 41.7. The minimum Gasteiger partial charge on any atom is -0.497 e. The second-order valence-electron chi connectivity index (χ2n) is 17.0. The van der Waals surface area contributed by atoms with Crippen molar-refractivity contribution in [1.29, 1.82) is 0 Å². The molecule has 0 amide bonds. The fourth-order valence-corrected chi connectivity index (χ4v) is 10.3. The van der Waals surface area contributed by atoms with Gasteiger partial charge in [-0.1, -0.05) is 65.5 Å². The van der Waals surface area contributed by atoms with Gasteiger partial charge in [0.2, 0.25) is 11.8 Å². The molecule has 3 aromatic carbocycles. The molecule has 6 aromatic rings. The van der Waals surface area contributed by atoms with Crippen LogP contribution in [-0.4, -0.2) is 83.5 Å². The van der Waals surface area contributed by atoms with Crippen LogP contribution in [0.15, 0.2) is 85.2 Å². The molecule has 2 fully saturated rings. The summed E-state index contributed by atoms with van der Waals surface area (Å²) in [5.74, 6) is 5.17. The van der Waals surface area contributed by atoms with Crippen LogP contribution in [0.4, 0.5) is 0 Å². The Morgan fingerprint density at radius 2 is 1.20 bits per heavy atom. The molecule has 3 aromatic heterocycles. The second-order valence-corrected chi connectivity index (χ2v) is 17.0. The molecule has 0 N–H and O–H groups in total. The fraction of sp³-hybridized carbons (Fsp3) is 0.480. The second kappa shape index (κ2) is 18.7. The molecule has 0 bridgehead atoms. The molecule has 316 valence electrons. The number of aromatic nitrogens is 4. The van der Waals surface area contributed by atoms with Gasteiger partial charge < -0.3 is 18.9 Å². The smallest absolute Gasteiger partial charge is 0.242 e. The van der Waals surface area contributed by atoms with Gasteiger partial charge in [0.15, 0.2) is 0 Å². The van der Waals surface area contributed by atoms with Gasteiger partial charge >= 0.3 is 0 Å². The number of pyridine rings is 2. The van der Waals surface area contributed by atoms with Gasteiger partial charge in [-0.2, -0.15) is 0 Å². The lowest BCUT2D eigenvalue weighted by Crippen LogP contribution is -2.49. The summed E-state index contributed by atoms with van der Waals surface area (Å²) in [5, 5.41) is 13.5. The first-order valence-corrected chi connectivity index (χ1v) is 22.2. The van der Waals surface area contributed by atoms with E-state index >= 15 is 0 Å². The summed E-state index contributed by atoms with van der Waals surface area (Å²) >= 11 is 0. The van der Waals surface area contributed by atoms with Gasteiger partial charge in [-0.25, -0.2) is 0 Å². The summed E-state index contributed by atoms with van der Waals surface area (Å²) in [6.45, 7) is 13.1. The number of hydrogen-bond donors (Lipinski definition) is 0. The minimum atomic E-state index is -0.354. The number of methoxy groups -OCH3 is 2. The maximum absolute atomic E-state index is 7.29. The molecule has 7 unspecified atom stereocenters. The van der Waals surface area contributed by atoms with Crippen molar-refractivity contribution >= 4 is 32.6 Å². The Bertz CT molecular complexity index is 2390. The first-order valence-electron chi connectivity index (χ1n) is 22.2. The van der Waals surface area contributed by atoms with E-state index in [1.807, 2.05) is 48.8 Å². The zero-order valence-corrected chi connectivity index (χ0v) is 36.5. The van der Waals surface area contributed by atoms with Crippen molar-refractivity contribution in [2.75, 3.05) is 47.4 Å². The van der Waals surface area contributed by atoms with Gasteiger partial charge in [0.25, 0.3) is 0 Å². The SMILES string of the molecule is CCC1CCN(CC(Oc2nnc(OC(c3ccnc4ccc(OC)cc34)C3CC(CC)C(CC)CN3C)c3ccccc23)c2ccnc3ccc(OC)cc23)CC1CC. The highest BCUT2D eigenvalue weighted by molar-refractivity contribution is 5.91. The zero-order chi connectivity index (χ0) is 41.8. The van der Waals surface area contributed by atoms with Crippen LogP contribution < -0.4 is 18.9 Å². The van der Waals surface area contributed by atoms with E-state index in [1.165, 1.54) is 19.3 Å². The number of nitrogens with zero attached hydrogens (tertiary/aromatic N) is 6. The van der Waals surface area contributed by atoms with Crippen LogP contribution in [0, 0.1) is 23.7 Å². The van der Waals surface area contributed by atoms with E-state index in [4.69, 9.17) is 39.1 Å². The van der Waals surface area contributed by atoms with E-state index in [0.29, 0.717) is 36.1 Å². The van der Waals surface area contributed by atoms with Crippen LogP contribution in [0.1, 0.15) is 89.6 Å². The number of rotatable bonds is 15. The lowest BCUT2D eigenvalue weighted by Gasteiger charge is -2.45. The number of piperidine rings is 2. The van der Waals surface area contributed by atoms with E-state index in [1.54, 1.807) is 14.2 Å². The molecule has 5 heterocycles. The van der Waals surface area contributed by atoms with Crippen molar-refractivity contribution in [2.24, 2.45) is 23.7 Å². The largest absolute Gasteiger partial charge is 0.497 e. The Kier molecular flexibility index (Phi) is 13.0. The Hall–Kier alpha value is -5.06. The molecular weight excluding hydrogens is 749 g/mol. The number of hydrogen-bond acceptors (Lipinski definition) is 10. The predicted octanol–water partition coefficient (Wildman–Crippen LogP) is 10.5. The molecule has 0 saturated carbocycles. The molecule has 7 atom stereocenters. The highest BCUT2D eigenvalue weighted by Gasteiger charge is 2.39. The quantitative estimate of drug-likeness (QED) is 0.0998. The summed E-state index contributed by atoms with van der Waals surface area (Å²) in [6.07, 6.45) is 9.96. The Labute approximate surface area is 355 Å². The maximum atomic E-state index is 7.29.